The molecule has 0 saturated carbocycles. The Morgan fingerprint density at radius 3 is 1.42 bits per heavy atom. The first kappa shape index (κ1) is 41.8. The van der Waals surface area contributed by atoms with Crippen molar-refractivity contribution >= 4 is 45.7 Å². The van der Waals surface area contributed by atoms with Gasteiger partial charge < -0.3 is 23.1 Å². The SMILES string of the molecule is C1CCOC1.Cc1cccc(C)c1[N-]Cc1ccccc1[PH+](c1ccccc1)c1ccccc1.[CH2-][Si](C)(C)C.[CH2-][Si](C)(C)C.[Lu+3]. The molecule has 2 nitrogen and oxygen atoms in total. The van der Waals surface area contributed by atoms with E-state index in [1.54, 1.807) is 0 Å². The van der Waals surface area contributed by atoms with Crippen LogP contribution in [0, 0.1) is 63.8 Å². The minimum absolute atomic E-state index is 0. The molecule has 0 radical (unpaired) electrons. The molecular weight excluding hydrogens is 761 g/mol. The van der Waals surface area contributed by atoms with Gasteiger partial charge in [-0.15, -0.1) is 28.4 Å². The zero-order valence-corrected chi connectivity index (χ0v) is 33.5. The minimum Gasteiger partial charge on any atom is -0.680 e. The third-order valence-corrected chi connectivity index (χ3v) is 8.93. The molecule has 250 valence electrons. The van der Waals surface area contributed by atoms with Crippen LogP contribution in [0.5, 0.6) is 0 Å². The maximum Gasteiger partial charge on any atom is 3.00 e. The largest absolute Gasteiger partial charge is 3.00 e. The second kappa shape index (κ2) is 21.6. The van der Waals surface area contributed by atoms with Crippen LogP contribution in [0.15, 0.2) is 103 Å². The van der Waals surface area contributed by atoms with E-state index < -0.39 is 24.1 Å². The zero-order chi connectivity index (χ0) is 32.6. The summed E-state index contributed by atoms with van der Waals surface area (Å²) in [7, 11) is -2.81. The van der Waals surface area contributed by atoms with Gasteiger partial charge >= 0.3 is 36.9 Å². The van der Waals surface area contributed by atoms with Crippen LogP contribution in [0.4, 0.5) is 5.69 Å². The first-order valence-electron chi connectivity index (χ1n) is 15.8. The molecule has 1 saturated heterocycles. The molecule has 45 heavy (non-hydrogen) atoms. The molecule has 1 aliphatic rings. The molecule has 1 aliphatic heterocycles. The molecule has 0 spiro atoms. The fourth-order valence-electron chi connectivity index (χ4n) is 4.32. The summed E-state index contributed by atoms with van der Waals surface area (Å²) in [5.41, 5.74) is 4.91. The maximum absolute atomic E-state index is 5.02. The summed E-state index contributed by atoms with van der Waals surface area (Å²) in [6.45, 7) is 28.1. The first-order chi connectivity index (χ1) is 20.7. The molecule has 4 aromatic rings. The summed E-state index contributed by atoms with van der Waals surface area (Å²) in [5.74, 6) is 0. The maximum atomic E-state index is 5.02. The molecule has 0 aliphatic carbocycles. The summed E-state index contributed by atoms with van der Waals surface area (Å²) in [5, 5.41) is 9.25. The normalized spacial score (nSPS) is 12.3. The van der Waals surface area contributed by atoms with Crippen LogP contribution in [0.3, 0.4) is 0 Å². The predicted molar refractivity (Wildman–Crippen MR) is 207 cm³/mol. The second-order valence-electron chi connectivity index (χ2n) is 13.8. The average Bonchev–Trinajstić information content (AvgIpc) is 3.54. The summed E-state index contributed by atoms with van der Waals surface area (Å²) < 4.78 is 4.94. The van der Waals surface area contributed by atoms with Crippen LogP contribution in [-0.4, -0.2) is 29.4 Å². The standard InChI is InChI=1S/C27H25NP.C4H8O.2C4H11Si.Lu/c1-21-12-11-13-22(2)27(21)28-20-23-14-9-10-19-26(23)29(24-15-5-3-6-16-24)25-17-7-4-8-18-25;1-2-4-5-3-1;2*1-5(2,3)4;/h3-19H,20H2,1-2H3;1-4H2;2*1H2,2-4H3;/q-1;;2*-1;+3/p+1. The van der Waals surface area contributed by atoms with Gasteiger partial charge in [0.2, 0.25) is 0 Å². The van der Waals surface area contributed by atoms with E-state index in [9.17, 15) is 0 Å². The quantitative estimate of drug-likeness (QED) is 0.108. The van der Waals surface area contributed by atoms with Gasteiger partial charge in [0.15, 0.2) is 0 Å². The molecular formula is C39H56LuNOPSi2+. The van der Waals surface area contributed by atoms with E-state index in [0.717, 1.165) is 18.9 Å². The molecule has 0 amide bonds. The van der Waals surface area contributed by atoms with Crippen molar-refractivity contribution in [3.05, 3.63) is 138 Å². The minimum atomic E-state index is -1.09. The van der Waals surface area contributed by atoms with Gasteiger partial charge in [0.25, 0.3) is 0 Å². The van der Waals surface area contributed by atoms with Crippen molar-refractivity contribution in [1.82, 2.24) is 0 Å². The van der Waals surface area contributed by atoms with Crippen molar-refractivity contribution < 1.29 is 41.6 Å². The Balaban J connectivity index is 0.000000523. The number of ether oxygens (including phenoxy) is 1. The Bertz CT molecular complexity index is 1260. The predicted octanol–water partition coefficient (Wildman–Crippen LogP) is 10.2. The summed E-state index contributed by atoms with van der Waals surface area (Å²) >= 11 is 0. The molecule has 5 rings (SSSR count). The molecule has 1 heterocycles. The average molecular weight is 817 g/mol. The fourth-order valence-corrected chi connectivity index (χ4v) is 7.07. The van der Waals surface area contributed by atoms with Gasteiger partial charge in [-0.3, -0.25) is 0 Å². The van der Waals surface area contributed by atoms with E-state index in [1.165, 1.54) is 45.4 Å². The Morgan fingerprint density at radius 1 is 0.622 bits per heavy atom. The van der Waals surface area contributed by atoms with E-state index in [0.29, 0.717) is 6.54 Å². The molecule has 1 fully saturated rings. The third-order valence-electron chi connectivity index (χ3n) is 6.09. The van der Waals surface area contributed by atoms with E-state index >= 15 is 0 Å². The van der Waals surface area contributed by atoms with Gasteiger partial charge in [-0.05, 0) is 62.6 Å². The Kier molecular flexibility index (Phi) is 20.0. The van der Waals surface area contributed by atoms with E-state index in [-0.39, 0.29) is 36.9 Å². The number of hydrogen-bond acceptors (Lipinski definition) is 1. The van der Waals surface area contributed by atoms with Crippen LogP contribution >= 0.6 is 7.92 Å². The van der Waals surface area contributed by atoms with Gasteiger partial charge in [-0.2, -0.15) is 0 Å². The summed E-state index contributed by atoms with van der Waals surface area (Å²) in [4.78, 5) is 0. The summed E-state index contributed by atoms with van der Waals surface area (Å²) in [6, 6.07) is 37.0. The molecule has 0 N–H and O–H groups in total. The molecule has 0 atom stereocenters. The van der Waals surface area contributed by atoms with Crippen molar-refractivity contribution in [3.8, 4) is 0 Å². The Hall–Kier alpha value is -1.26. The topological polar surface area (TPSA) is 23.3 Å². The van der Waals surface area contributed by atoms with Crippen LogP contribution in [0.1, 0.15) is 29.5 Å². The zero-order valence-electron chi connectivity index (χ0n) is 28.9. The molecule has 6 heteroatoms. The van der Waals surface area contributed by atoms with Crippen molar-refractivity contribution in [2.45, 2.75) is 72.5 Å². The number of nitrogens with zero attached hydrogens (tertiary/aromatic N) is 1. The van der Waals surface area contributed by atoms with Crippen molar-refractivity contribution in [2.24, 2.45) is 0 Å². The molecule has 0 unspecified atom stereocenters. The van der Waals surface area contributed by atoms with Crippen molar-refractivity contribution in [2.75, 3.05) is 13.2 Å². The number of hydrogen-bond donors (Lipinski definition) is 0. The van der Waals surface area contributed by atoms with Gasteiger partial charge in [-0.1, -0.05) is 123 Å². The van der Waals surface area contributed by atoms with E-state index in [2.05, 4.69) is 169 Å². The van der Waals surface area contributed by atoms with E-state index in [1.807, 2.05) is 0 Å². The van der Waals surface area contributed by atoms with Crippen LogP contribution in [-0.2, 0) is 11.3 Å². The van der Waals surface area contributed by atoms with Crippen LogP contribution in [0.25, 0.3) is 5.32 Å². The van der Waals surface area contributed by atoms with Gasteiger partial charge in [0.05, 0.1) is 7.92 Å². The van der Waals surface area contributed by atoms with Crippen molar-refractivity contribution in [3.63, 3.8) is 0 Å². The van der Waals surface area contributed by atoms with Crippen LogP contribution < -0.4 is 15.9 Å². The third kappa shape index (κ3) is 18.6. The number of aryl methyl sites for hydroxylation is 2. The van der Waals surface area contributed by atoms with Gasteiger partial charge in [0.1, 0.15) is 15.9 Å². The number of benzene rings is 4. The number of rotatable bonds is 6. The number of para-hydroxylation sites is 1. The van der Waals surface area contributed by atoms with Gasteiger partial charge in [-0.25, -0.2) is 0 Å². The summed E-state index contributed by atoms with van der Waals surface area (Å²) in [6.07, 6.45) is 2.56. The van der Waals surface area contributed by atoms with Gasteiger partial charge in [0, 0.05) is 13.2 Å². The monoisotopic (exact) mass is 816 g/mol. The smallest absolute Gasteiger partial charge is 0.680 e. The molecule has 4 aromatic carbocycles. The van der Waals surface area contributed by atoms with Crippen molar-refractivity contribution in [1.29, 1.82) is 0 Å². The molecule has 0 aromatic heterocycles. The fraction of sp³-hybridized carbons (Fsp3) is 0.333. The Labute approximate surface area is 308 Å². The Morgan fingerprint density at radius 2 is 1.02 bits per heavy atom. The van der Waals surface area contributed by atoms with E-state index in [4.69, 9.17) is 10.1 Å². The first-order valence-corrected chi connectivity index (χ1v) is 24.7. The molecule has 0 bridgehead atoms. The second-order valence-corrected chi connectivity index (χ2v) is 26.4. The van der Waals surface area contributed by atoms with Crippen LogP contribution in [0.2, 0.25) is 39.3 Å².